The molecule has 0 aliphatic carbocycles. The maximum atomic E-state index is 14.1. The van der Waals surface area contributed by atoms with Crippen molar-refractivity contribution in [3.8, 4) is 11.1 Å². The molecular formula is C29H27N5O2S2. The molecule has 1 atom stereocenters. The van der Waals surface area contributed by atoms with Gasteiger partial charge in [-0.1, -0.05) is 42.5 Å². The summed E-state index contributed by atoms with van der Waals surface area (Å²) in [6.45, 7) is 1.39. The quantitative estimate of drug-likeness (QED) is 0.300. The molecule has 9 heteroatoms. The molecular weight excluding hydrogens is 514 g/mol. The summed E-state index contributed by atoms with van der Waals surface area (Å²) >= 11 is 1.26. The van der Waals surface area contributed by atoms with Gasteiger partial charge in [0, 0.05) is 43.4 Å². The summed E-state index contributed by atoms with van der Waals surface area (Å²) in [6, 6.07) is 23.6. The van der Waals surface area contributed by atoms with E-state index in [-0.39, 0.29) is 12.6 Å². The Bertz CT molecular complexity index is 1590. The molecule has 0 spiro atoms. The van der Waals surface area contributed by atoms with Crippen LogP contribution >= 0.6 is 11.3 Å². The minimum atomic E-state index is -3.72. The van der Waals surface area contributed by atoms with E-state index in [0.29, 0.717) is 23.7 Å². The number of anilines is 1. The molecule has 0 amide bonds. The number of hydrogen-bond acceptors (Lipinski definition) is 6. The van der Waals surface area contributed by atoms with Gasteiger partial charge in [-0.25, -0.2) is 13.4 Å². The van der Waals surface area contributed by atoms with Crippen molar-refractivity contribution in [3.63, 3.8) is 0 Å². The smallest absolute Gasteiger partial charge is 0.253 e. The van der Waals surface area contributed by atoms with Gasteiger partial charge in [0.2, 0.25) is 0 Å². The van der Waals surface area contributed by atoms with E-state index in [1.165, 1.54) is 11.3 Å². The van der Waals surface area contributed by atoms with Crippen LogP contribution in [-0.2, 0) is 29.5 Å². The van der Waals surface area contributed by atoms with Crippen molar-refractivity contribution >= 4 is 27.0 Å². The van der Waals surface area contributed by atoms with Crippen LogP contribution in [0.25, 0.3) is 11.1 Å². The number of imidazole rings is 1. The van der Waals surface area contributed by atoms with E-state index in [0.717, 1.165) is 33.6 Å². The van der Waals surface area contributed by atoms with Crippen LogP contribution in [0, 0.1) is 0 Å². The number of rotatable bonds is 7. The largest absolute Gasteiger partial charge is 0.364 e. The van der Waals surface area contributed by atoms with Gasteiger partial charge in [0.15, 0.2) is 0 Å². The van der Waals surface area contributed by atoms with E-state index in [1.54, 1.807) is 35.2 Å². The Morgan fingerprint density at radius 1 is 0.974 bits per heavy atom. The molecule has 0 saturated heterocycles. The minimum absolute atomic E-state index is 0.278. The molecule has 7 nitrogen and oxygen atoms in total. The van der Waals surface area contributed by atoms with Gasteiger partial charge in [-0.3, -0.25) is 4.98 Å². The van der Waals surface area contributed by atoms with Crippen molar-refractivity contribution in [1.82, 2.24) is 19.3 Å². The summed E-state index contributed by atoms with van der Waals surface area (Å²) in [5.74, 6) is 0. The maximum Gasteiger partial charge on any atom is 0.253 e. The molecule has 0 fully saturated rings. The third kappa shape index (κ3) is 5.00. The highest BCUT2D eigenvalue weighted by Crippen LogP contribution is 2.36. The van der Waals surface area contributed by atoms with Crippen molar-refractivity contribution < 1.29 is 8.42 Å². The monoisotopic (exact) mass is 541 g/mol. The Hall–Kier alpha value is -3.79. The van der Waals surface area contributed by atoms with Crippen LogP contribution in [0.3, 0.4) is 0 Å². The lowest BCUT2D eigenvalue weighted by Crippen LogP contribution is -2.45. The number of hydrogen-bond donors (Lipinski definition) is 1. The van der Waals surface area contributed by atoms with E-state index in [4.69, 9.17) is 0 Å². The molecule has 192 valence electrons. The molecule has 5 aromatic rings. The number of benzene rings is 2. The average molecular weight is 542 g/mol. The zero-order valence-corrected chi connectivity index (χ0v) is 22.3. The Labute approximate surface area is 226 Å². The second-order valence-electron chi connectivity index (χ2n) is 9.35. The highest BCUT2D eigenvalue weighted by atomic mass is 32.2. The number of pyridine rings is 1. The van der Waals surface area contributed by atoms with E-state index in [1.807, 2.05) is 41.9 Å². The Kier molecular flexibility index (Phi) is 6.80. The predicted molar refractivity (Wildman–Crippen MR) is 150 cm³/mol. The van der Waals surface area contributed by atoms with Crippen molar-refractivity contribution in [3.05, 3.63) is 120 Å². The van der Waals surface area contributed by atoms with E-state index in [2.05, 4.69) is 50.2 Å². The molecule has 1 N–H and O–H groups in total. The van der Waals surface area contributed by atoms with Gasteiger partial charge in [-0.2, -0.15) is 4.31 Å². The summed E-state index contributed by atoms with van der Waals surface area (Å²) in [5.41, 5.74) is 6.06. The van der Waals surface area contributed by atoms with Crippen LogP contribution in [0.15, 0.2) is 107 Å². The van der Waals surface area contributed by atoms with Crippen LogP contribution < -0.4 is 4.90 Å². The summed E-state index contributed by atoms with van der Waals surface area (Å²) in [5, 5.41) is 1.82. The van der Waals surface area contributed by atoms with Crippen LogP contribution in [0.5, 0.6) is 0 Å². The molecule has 3 aromatic heterocycles. The second-order valence-corrected chi connectivity index (χ2v) is 12.4. The summed E-state index contributed by atoms with van der Waals surface area (Å²) in [6.07, 6.45) is 7.72. The maximum absolute atomic E-state index is 14.1. The first kappa shape index (κ1) is 24.5. The zero-order valence-electron chi connectivity index (χ0n) is 20.6. The lowest BCUT2D eigenvalue weighted by Gasteiger charge is -2.31. The lowest BCUT2D eigenvalue weighted by atomic mass is 10.0. The van der Waals surface area contributed by atoms with Gasteiger partial charge in [-0.15, -0.1) is 11.3 Å². The molecule has 0 bridgehead atoms. The average Bonchev–Trinajstić information content (AvgIpc) is 3.65. The normalized spacial score (nSPS) is 16.2. The third-order valence-corrected chi connectivity index (χ3v) is 10.1. The van der Waals surface area contributed by atoms with Gasteiger partial charge in [0.25, 0.3) is 10.0 Å². The molecule has 1 unspecified atom stereocenters. The van der Waals surface area contributed by atoms with Gasteiger partial charge in [-0.05, 0) is 64.4 Å². The molecule has 0 radical (unpaired) electrons. The van der Waals surface area contributed by atoms with Crippen molar-refractivity contribution in [2.24, 2.45) is 0 Å². The Morgan fingerprint density at radius 3 is 2.55 bits per heavy atom. The number of fused-ring (bicyclic) bond motifs is 1. The van der Waals surface area contributed by atoms with E-state index in [9.17, 15) is 8.42 Å². The fourth-order valence-corrected chi connectivity index (χ4v) is 7.78. The number of thiophene rings is 1. The van der Waals surface area contributed by atoms with Crippen molar-refractivity contribution in [2.75, 3.05) is 11.4 Å². The number of nitrogens with one attached hydrogen (secondary N) is 1. The molecule has 0 saturated carbocycles. The Morgan fingerprint density at radius 2 is 1.82 bits per heavy atom. The number of aromatic nitrogens is 3. The fraction of sp³-hybridized carbons (Fsp3) is 0.172. The molecule has 1 aliphatic heterocycles. The molecule has 1 aliphatic rings. The lowest BCUT2D eigenvalue weighted by molar-refractivity contribution is 0.318. The third-order valence-electron chi connectivity index (χ3n) is 6.88. The van der Waals surface area contributed by atoms with Gasteiger partial charge in [0.05, 0.1) is 18.6 Å². The molecule has 4 heterocycles. The van der Waals surface area contributed by atoms with Gasteiger partial charge in [0.1, 0.15) is 4.21 Å². The van der Waals surface area contributed by atoms with E-state index < -0.39 is 10.0 Å². The van der Waals surface area contributed by atoms with E-state index >= 15 is 0 Å². The molecule has 6 rings (SSSR count). The molecule has 2 aromatic carbocycles. The van der Waals surface area contributed by atoms with Crippen molar-refractivity contribution in [2.45, 2.75) is 29.8 Å². The number of nitrogens with zero attached hydrogens (tertiary/aromatic N) is 4. The number of aromatic amines is 1. The highest BCUT2D eigenvalue weighted by Gasteiger charge is 2.37. The second kappa shape index (κ2) is 10.5. The standard InChI is InChI=1S/C29H27N5O2S2/c35-38(36,29-7-4-14-37-29)34-18-25-16-24(23-10-12-30-13-11-23)8-9-28(25)33(19-26-17-31-21-32-26)20-27(34)15-22-5-2-1-3-6-22/h1-14,16-17,21,27H,15,18-20H2,(H,31,32). The van der Waals surface area contributed by atoms with Crippen LogP contribution in [-0.4, -0.2) is 40.3 Å². The topological polar surface area (TPSA) is 82.2 Å². The SMILES string of the molecule is O=S(=O)(c1cccs1)N1Cc2cc(-c3ccncc3)ccc2N(Cc2c[nH]cn2)CC1Cc1ccccc1. The van der Waals surface area contributed by atoms with Crippen LogP contribution in [0.4, 0.5) is 5.69 Å². The Balaban J connectivity index is 1.47. The summed E-state index contributed by atoms with van der Waals surface area (Å²) in [4.78, 5) is 13.9. The first-order valence-corrected chi connectivity index (χ1v) is 14.7. The van der Waals surface area contributed by atoms with Crippen molar-refractivity contribution in [1.29, 1.82) is 0 Å². The first-order chi connectivity index (χ1) is 18.6. The van der Waals surface area contributed by atoms with Crippen LogP contribution in [0.2, 0.25) is 0 Å². The van der Waals surface area contributed by atoms with Gasteiger partial charge >= 0.3 is 0 Å². The van der Waals surface area contributed by atoms with Crippen LogP contribution in [0.1, 0.15) is 16.8 Å². The minimum Gasteiger partial charge on any atom is -0.364 e. The molecule has 38 heavy (non-hydrogen) atoms. The summed E-state index contributed by atoms with van der Waals surface area (Å²) in [7, 11) is -3.72. The first-order valence-electron chi connectivity index (χ1n) is 12.4. The number of H-pyrrole nitrogens is 1. The summed E-state index contributed by atoms with van der Waals surface area (Å²) < 4.78 is 30.2. The predicted octanol–water partition coefficient (Wildman–Crippen LogP) is 5.36. The fourth-order valence-electron chi connectivity index (χ4n) is 5.07. The zero-order chi connectivity index (χ0) is 26.0. The van der Waals surface area contributed by atoms with Gasteiger partial charge < -0.3 is 9.88 Å². The highest BCUT2D eigenvalue weighted by molar-refractivity contribution is 7.91. The number of sulfonamides is 1.